The Morgan fingerprint density at radius 1 is 1.24 bits per heavy atom. The fourth-order valence-corrected chi connectivity index (χ4v) is 2.38. The fourth-order valence-electron chi connectivity index (χ4n) is 2.38. The van der Waals surface area contributed by atoms with Gasteiger partial charge in [0, 0.05) is 23.8 Å². The van der Waals surface area contributed by atoms with Crippen molar-refractivity contribution < 1.29 is 4.79 Å². The van der Waals surface area contributed by atoms with Crippen molar-refractivity contribution in [3.63, 3.8) is 0 Å². The van der Waals surface area contributed by atoms with Crippen LogP contribution in [0, 0.1) is 6.92 Å². The highest BCUT2D eigenvalue weighted by Crippen LogP contribution is 2.10. The molecule has 7 heteroatoms. The van der Waals surface area contributed by atoms with Gasteiger partial charge in [-0.25, -0.2) is 4.68 Å². The van der Waals surface area contributed by atoms with Crippen molar-refractivity contribution in [1.82, 2.24) is 15.1 Å². The molecule has 3 N–H and O–H groups in total. The monoisotopic (exact) mass is 364 g/mol. The Morgan fingerprint density at radius 3 is 2.40 bits per heavy atom. The minimum Gasteiger partial charge on any atom is -0.349 e. The van der Waals surface area contributed by atoms with Gasteiger partial charge in [-0.1, -0.05) is 32.0 Å². The maximum atomic E-state index is 12.4. The molecule has 1 aromatic carbocycles. The van der Waals surface area contributed by atoms with E-state index in [1.54, 1.807) is 11.6 Å². The van der Waals surface area contributed by atoms with Crippen LogP contribution in [0.15, 0.2) is 41.2 Å². The van der Waals surface area contributed by atoms with Crippen LogP contribution >= 0.6 is 12.4 Å². The van der Waals surface area contributed by atoms with Gasteiger partial charge in [-0.3, -0.25) is 9.59 Å². The summed E-state index contributed by atoms with van der Waals surface area (Å²) in [5.74, 6) is -0.499. The molecule has 0 saturated carbocycles. The first kappa shape index (κ1) is 20.9. The van der Waals surface area contributed by atoms with Gasteiger partial charge in [-0.15, -0.1) is 12.4 Å². The second-order valence-corrected chi connectivity index (χ2v) is 6.00. The van der Waals surface area contributed by atoms with Crippen LogP contribution in [-0.2, 0) is 0 Å². The molecule has 0 atom stereocenters. The summed E-state index contributed by atoms with van der Waals surface area (Å²) in [5, 5.41) is 6.99. The lowest BCUT2D eigenvalue weighted by Gasteiger charge is -2.26. The number of aromatic nitrogens is 2. The van der Waals surface area contributed by atoms with Crippen molar-refractivity contribution >= 4 is 18.3 Å². The van der Waals surface area contributed by atoms with Gasteiger partial charge in [-0.05, 0) is 31.9 Å². The number of carbonyl (C=O) groups excluding carboxylic acids is 1. The Labute approximate surface area is 153 Å². The molecule has 0 unspecified atom stereocenters. The summed E-state index contributed by atoms with van der Waals surface area (Å²) in [4.78, 5) is 24.6. The van der Waals surface area contributed by atoms with E-state index in [4.69, 9.17) is 5.73 Å². The van der Waals surface area contributed by atoms with Gasteiger partial charge in [0.2, 0.25) is 5.43 Å². The molecule has 0 aliphatic carbocycles. The summed E-state index contributed by atoms with van der Waals surface area (Å²) in [5.41, 5.74) is 6.65. The number of nitrogens with zero attached hydrogens (tertiary/aromatic N) is 2. The quantitative estimate of drug-likeness (QED) is 0.822. The second kappa shape index (κ2) is 8.78. The van der Waals surface area contributed by atoms with Gasteiger partial charge in [0.1, 0.15) is 0 Å². The van der Waals surface area contributed by atoms with Crippen molar-refractivity contribution in [1.29, 1.82) is 0 Å². The summed E-state index contributed by atoms with van der Waals surface area (Å²) >= 11 is 0. The maximum Gasteiger partial charge on any atom is 0.275 e. The second-order valence-electron chi connectivity index (χ2n) is 6.00. The van der Waals surface area contributed by atoms with Gasteiger partial charge in [-0.2, -0.15) is 5.10 Å². The summed E-state index contributed by atoms with van der Waals surface area (Å²) in [6, 6.07) is 10.8. The molecule has 2 aromatic rings. The number of halogens is 1. The van der Waals surface area contributed by atoms with Gasteiger partial charge in [0.05, 0.1) is 5.69 Å². The first-order chi connectivity index (χ1) is 11.4. The summed E-state index contributed by atoms with van der Waals surface area (Å²) in [6.07, 6.45) is 1.47. The van der Waals surface area contributed by atoms with Crippen LogP contribution < -0.4 is 16.5 Å². The number of benzene rings is 1. The molecule has 2 rings (SSSR count). The number of nitrogens with two attached hydrogens (primary N) is 1. The lowest BCUT2D eigenvalue weighted by atomic mass is 9.94. The number of aryl methyl sites for hydroxylation is 1. The maximum absolute atomic E-state index is 12.4. The van der Waals surface area contributed by atoms with Gasteiger partial charge < -0.3 is 11.1 Å². The lowest BCUT2D eigenvalue weighted by molar-refractivity contribution is 0.0934. The van der Waals surface area contributed by atoms with Gasteiger partial charge in [0.15, 0.2) is 5.69 Å². The van der Waals surface area contributed by atoms with Crippen LogP contribution in [0.1, 0.15) is 42.9 Å². The van der Waals surface area contributed by atoms with Crippen LogP contribution in [0.2, 0.25) is 0 Å². The molecule has 1 heterocycles. The number of amides is 1. The van der Waals surface area contributed by atoms with Crippen LogP contribution in [0.5, 0.6) is 0 Å². The molecule has 0 spiro atoms. The highest BCUT2D eigenvalue weighted by Gasteiger charge is 2.23. The Bertz CT molecular complexity index is 770. The molecule has 1 amide bonds. The Morgan fingerprint density at radius 2 is 1.84 bits per heavy atom. The summed E-state index contributed by atoms with van der Waals surface area (Å²) in [7, 11) is 0. The molecule has 25 heavy (non-hydrogen) atoms. The van der Waals surface area contributed by atoms with E-state index in [0.717, 1.165) is 18.5 Å². The Hall–Kier alpha value is -2.18. The molecule has 0 aliphatic heterocycles. The number of hydrogen-bond donors (Lipinski definition) is 2. The third kappa shape index (κ3) is 4.90. The highest BCUT2D eigenvalue weighted by molar-refractivity contribution is 5.92. The van der Waals surface area contributed by atoms with E-state index in [1.807, 2.05) is 44.2 Å². The average Bonchev–Trinajstić information content (AvgIpc) is 2.60. The zero-order chi connectivity index (χ0) is 17.7. The smallest absolute Gasteiger partial charge is 0.275 e. The molecule has 6 nitrogen and oxygen atoms in total. The van der Waals surface area contributed by atoms with E-state index in [9.17, 15) is 9.59 Å². The third-order valence-electron chi connectivity index (χ3n) is 4.33. The Kier molecular flexibility index (Phi) is 7.33. The molecule has 0 bridgehead atoms. The van der Waals surface area contributed by atoms with E-state index in [0.29, 0.717) is 12.2 Å². The zero-order valence-electron chi connectivity index (χ0n) is 14.8. The SMILES string of the molecule is CCC(N)(CC)CNC(=O)c1nn(-c2ccccc2)c(C)cc1=O.Cl. The molecule has 1 aromatic heterocycles. The molecular formula is C18H25ClN4O2. The number of rotatable bonds is 6. The minimum absolute atomic E-state index is 0. The van der Waals surface area contributed by atoms with Crippen LogP contribution in [-0.4, -0.2) is 27.8 Å². The molecule has 0 saturated heterocycles. The number of para-hydroxylation sites is 1. The van der Waals surface area contributed by atoms with E-state index in [2.05, 4.69) is 10.4 Å². The van der Waals surface area contributed by atoms with Crippen molar-refractivity contribution in [2.75, 3.05) is 6.54 Å². The number of hydrogen-bond acceptors (Lipinski definition) is 4. The van der Waals surface area contributed by atoms with Crippen molar-refractivity contribution in [3.05, 3.63) is 58.0 Å². The predicted octanol–water partition coefficient (Wildman–Crippen LogP) is 2.21. The molecule has 0 aliphatic rings. The lowest BCUT2D eigenvalue weighted by Crippen LogP contribution is -2.50. The largest absolute Gasteiger partial charge is 0.349 e. The Balaban J connectivity index is 0.00000312. The standard InChI is InChI=1S/C18H24N4O2.ClH/c1-4-18(19,5-2)12-20-17(24)16-15(23)11-13(3)22(21-16)14-9-7-6-8-10-14;/h6-11H,4-5,12,19H2,1-3H3,(H,20,24);1H. The van der Waals surface area contributed by atoms with E-state index < -0.39 is 16.9 Å². The predicted molar refractivity (Wildman–Crippen MR) is 102 cm³/mol. The molecule has 0 fully saturated rings. The van der Waals surface area contributed by atoms with Gasteiger partial charge in [0.25, 0.3) is 5.91 Å². The van der Waals surface area contributed by atoms with Gasteiger partial charge >= 0.3 is 0 Å². The number of nitrogens with one attached hydrogen (secondary N) is 1. The van der Waals surface area contributed by atoms with Crippen LogP contribution in [0.3, 0.4) is 0 Å². The fraction of sp³-hybridized carbons (Fsp3) is 0.389. The van der Waals surface area contributed by atoms with Crippen molar-refractivity contribution in [3.8, 4) is 5.69 Å². The van der Waals surface area contributed by atoms with E-state index in [-0.39, 0.29) is 18.1 Å². The normalized spacial score (nSPS) is 10.9. The molecule has 0 radical (unpaired) electrons. The van der Waals surface area contributed by atoms with Crippen LogP contribution in [0.4, 0.5) is 0 Å². The first-order valence-corrected chi connectivity index (χ1v) is 8.13. The van der Waals surface area contributed by atoms with E-state index in [1.165, 1.54) is 6.07 Å². The van der Waals surface area contributed by atoms with Crippen LogP contribution in [0.25, 0.3) is 5.69 Å². The van der Waals surface area contributed by atoms with Crippen molar-refractivity contribution in [2.24, 2.45) is 5.73 Å². The van der Waals surface area contributed by atoms with E-state index >= 15 is 0 Å². The summed E-state index contributed by atoms with van der Waals surface area (Å²) < 4.78 is 1.59. The summed E-state index contributed by atoms with van der Waals surface area (Å²) in [6.45, 7) is 6.03. The minimum atomic E-state index is -0.499. The molecular weight excluding hydrogens is 340 g/mol. The third-order valence-corrected chi connectivity index (χ3v) is 4.33. The average molecular weight is 365 g/mol. The first-order valence-electron chi connectivity index (χ1n) is 8.13. The zero-order valence-corrected chi connectivity index (χ0v) is 15.6. The highest BCUT2D eigenvalue weighted by atomic mass is 35.5. The van der Waals surface area contributed by atoms with Crippen molar-refractivity contribution in [2.45, 2.75) is 39.2 Å². The number of carbonyl (C=O) groups is 1. The topological polar surface area (TPSA) is 90.0 Å². The molecule has 136 valence electrons.